The van der Waals surface area contributed by atoms with Crippen LogP contribution in [0.2, 0.25) is 0 Å². The zero-order valence-corrected chi connectivity index (χ0v) is 17.6. The Morgan fingerprint density at radius 2 is 1.81 bits per heavy atom. The number of piperidine rings is 1. The SMILES string of the molecule is CNc1c([N+](=O)[O-])cc(C(=O)N[C@H]2CC[C@H](C(F)(F)F)CC2)c(N2CC3CC3C2)c1C. The van der Waals surface area contributed by atoms with E-state index in [0.717, 1.165) is 13.1 Å². The first-order chi connectivity index (χ1) is 14.6. The van der Waals surface area contributed by atoms with Gasteiger partial charge in [-0.3, -0.25) is 14.9 Å². The number of carbonyl (C=O) groups is 1. The molecule has 170 valence electrons. The monoisotopic (exact) mass is 440 g/mol. The fourth-order valence-corrected chi connectivity index (χ4v) is 5.24. The molecular formula is C21H27F3N4O3. The standard InChI is InChI=1S/C21H27F3N4O3/c1-11-18(25-2)17(28(30)31)8-16(19(11)27-9-12-7-13(12)10-27)20(29)26-15-5-3-14(4-6-15)21(22,23)24/h8,12-15,25H,3-7,9-10H2,1-2H3,(H,26,29)/t12?,13?,14-,15-. The van der Waals surface area contributed by atoms with Gasteiger partial charge < -0.3 is 15.5 Å². The number of hydrogen-bond acceptors (Lipinski definition) is 5. The van der Waals surface area contributed by atoms with Crippen LogP contribution >= 0.6 is 0 Å². The van der Waals surface area contributed by atoms with Gasteiger partial charge in [-0.05, 0) is 50.9 Å². The summed E-state index contributed by atoms with van der Waals surface area (Å²) in [6.45, 7) is 3.39. The number of rotatable bonds is 5. The largest absolute Gasteiger partial charge is 0.391 e. The van der Waals surface area contributed by atoms with Crippen molar-refractivity contribution >= 4 is 23.0 Å². The van der Waals surface area contributed by atoms with Gasteiger partial charge in [-0.1, -0.05) is 0 Å². The van der Waals surface area contributed by atoms with E-state index in [1.807, 2.05) is 0 Å². The predicted molar refractivity (Wildman–Crippen MR) is 110 cm³/mol. The molecule has 10 heteroatoms. The van der Waals surface area contributed by atoms with E-state index in [1.54, 1.807) is 14.0 Å². The molecule has 0 radical (unpaired) electrons. The van der Waals surface area contributed by atoms with Gasteiger partial charge in [0.25, 0.3) is 11.6 Å². The van der Waals surface area contributed by atoms with Crippen LogP contribution < -0.4 is 15.5 Å². The maximum Gasteiger partial charge on any atom is 0.391 e. The van der Waals surface area contributed by atoms with Crippen molar-refractivity contribution in [2.24, 2.45) is 17.8 Å². The first-order valence-electron chi connectivity index (χ1n) is 10.7. The average molecular weight is 440 g/mol. The molecule has 0 aromatic heterocycles. The summed E-state index contributed by atoms with van der Waals surface area (Å²) >= 11 is 0. The summed E-state index contributed by atoms with van der Waals surface area (Å²) in [5.41, 5.74) is 1.75. The number of hydrogen-bond donors (Lipinski definition) is 2. The first-order valence-corrected chi connectivity index (χ1v) is 10.7. The second kappa shape index (κ2) is 7.87. The van der Waals surface area contributed by atoms with Gasteiger partial charge in [0, 0.05) is 37.8 Å². The molecule has 2 unspecified atom stereocenters. The van der Waals surface area contributed by atoms with Crippen molar-refractivity contribution < 1.29 is 22.9 Å². The Morgan fingerprint density at radius 3 is 2.32 bits per heavy atom. The molecule has 1 aromatic rings. The number of carbonyl (C=O) groups excluding carboxylic acids is 1. The fourth-order valence-electron chi connectivity index (χ4n) is 5.24. The van der Waals surface area contributed by atoms with Gasteiger partial charge in [0.05, 0.1) is 22.1 Å². The molecule has 3 aliphatic rings. The Morgan fingerprint density at radius 1 is 1.19 bits per heavy atom. The van der Waals surface area contributed by atoms with Crippen LogP contribution in [0.1, 0.15) is 48.0 Å². The van der Waals surface area contributed by atoms with Crippen LogP contribution in [-0.2, 0) is 0 Å². The van der Waals surface area contributed by atoms with E-state index in [0.29, 0.717) is 28.8 Å². The second-order valence-electron chi connectivity index (χ2n) is 9.02. The fraction of sp³-hybridized carbons (Fsp3) is 0.667. The van der Waals surface area contributed by atoms with Crippen molar-refractivity contribution in [1.29, 1.82) is 0 Å². The number of benzene rings is 1. The molecule has 2 aliphatic carbocycles. The minimum atomic E-state index is -4.21. The van der Waals surface area contributed by atoms with E-state index in [1.165, 1.54) is 12.5 Å². The lowest BCUT2D eigenvalue weighted by atomic mass is 9.85. The van der Waals surface area contributed by atoms with E-state index in [4.69, 9.17) is 0 Å². The summed E-state index contributed by atoms with van der Waals surface area (Å²) in [5, 5.41) is 17.4. The maximum atomic E-state index is 13.2. The summed E-state index contributed by atoms with van der Waals surface area (Å²) in [5.74, 6) is -0.590. The van der Waals surface area contributed by atoms with Crippen LogP contribution in [0.3, 0.4) is 0 Å². The molecule has 31 heavy (non-hydrogen) atoms. The number of anilines is 2. The number of nitrogens with zero attached hydrogens (tertiary/aromatic N) is 2. The molecule has 2 saturated carbocycles. The second-order valence-corrected chi connectivity index (χ2v) is 9.02. The van der Waals surface area contributed by atoms with Crippen molar-refractivity contribution in [2.75, 3.05) is 30.4 Å². The average Bonchev–Trinajstić information content (AvgIpc) is 3.31. The predicted octanol–water partition coefficient (Wildman–Crippen LogP) is 4.25. The van der Waals surface area contributed by atoms with Gasteiger partial charge in [0.15, 0.2) is 0 Å². The van der Waals surface area contributed by atoms with E-state index in [9.17, 15) is 28.1 Å². The molecular weight excluding hydrogens is 413 g/mol. The lowest BCUT2D eigenvalue weighted by Gasteiger charge is -2.31. The Bertz CT molecular complexity index is 887. The van der Waals surface area contributed by atoms with E-state index in [2.05, 4.69) is 15.5 Å². The van der Waals surface area contributed by atoms with Crippen LogP contribution in [0.25, 0.3) is 0 Å². The third-order valence-electron chi connectivity index (χ3n) is 7.03. The Hall–Kier alpha value is -2.52. The molecule has 2 atom stereocenters. The van der Waals surface area contributed by atoms with Crippen molar-refractivity contribution in [1.82, 2.24) is 5.32 Å². The van der Waals surface area contributed by atoms with Crippen molar-refractivity contribution in [3.8, 4) is 0 Å². The molecule has 2 N–H and O–H groups in total. The zero-order chi connectivity index (χ0) is 22.5. The first kappa shape index (κ1) is 21.7. The number of amides is 1. The third-order valence-corrected chi connectivity index (χ3v) is 7.03. The quantitative estimate of drug-likeness (QED) is 0.528. The van der Waals surface area contributed by atoms with Crippen LogP contribution in [0.15, 0.2) is 6.07 Å². The summed E-state index contributed by atoms with van der Waals surface area (Å²) in [4.78, 5) is 26.4. The minimum Gasteiger partial charge on any atom is -0.382 e. The van der Waals surface area contributed by atoms with E-state index >= 15 is 0 Å². The van der Waals surface area contributed by atoms with Gasteiger partial charge >= 0.3 is 6.18 Å². The molecule has 3 fully saturated rings. The number of nitrogens with one attached hydrogen (secondary N) is 2. The number of alkyl halides is 3. The van der Waals surface area contributed by atoms with Crippen LogP contribution in [-0.4, -0.2) is 43.2 Å². The Kier molecular flexibility index (Phi) is 5.51. The molecule has 1 saturated heterocycles. The smallest absolute Gasteiger partial charge is 0.382 e. The van der Waals surface area contributed by atoms with Gasteiger partial charge in [-0.2, -0.15) is 13.2 Å². The highest BCUT2D eigenvalue weighted by Crippen LogP contribution is 2.49. The highest BCUT2D eigenvalue weighted by Gasteiger charge is 2.47. The number of nitro benzene ring substituents is 1. The topological polar surface area (TPSA) is 87.5 Å². The number of halogens is 3. The van der Waals surface area contributed by atoms with Gasteiger partial charge in [-0.15, -0.1) is 0 Å². The maximum absolute atomic E-state index is 13.2. The molecule has 1 heterocycles. The molecule has 0 spiro atoms. The zero-order valence-electron chi connectivity index (χ0n) is 17.6. The lowest BCUT2D eigenvalue weighted by Crippen LogP contribution is -2.40. The van der Waals surface area contributed by atoms with Crippen molar-refractivity contribution in [3.63, 3.8) is 0 Å². The molecule has 7 nitrogen and oxygen atoms in total. The molecule has 1 aromatic carbocycles. The van der Waals surface area contributed by atoms with Gasteiger partial charge in [0.2, 0.25) is 0 Å². The molecule has 4 rings (SSSR count). The summed E-state index contributed by atoms with van der Waals surface area (Å²) in [7, 11) is 1.61. The minimum absolute atomic E-state index is 0.0192. The Balaban J connectivity index is 1.60. The Labute approximate surface area is 178 Å². The molecule has 1 aliphatic heterocycles. The van der Waals surface area contributed by atoms with Gasteiger partial charge in [0.1, 0.15) is 5.69 Å². The number of nitro groups is 1. The lowest BCUT2D eigenvalue weighted by molar-refractivity contribution is -0.384. The molecule has 1 amide bonds. The summed E-state index contributed by atoms with van der Waals surface area (Å²) in [6.07, 6.45) is -2.59. The summed E-state index contributed by atoms with van der Waals surface area (Å²) in [6, 6.07) is 0.934. The van der Waals surface area contributed by atoms with E-state index < -0.39 is 22.9 Å². The van der Waals surface area contributed by atoms with Crippen molar-refractivity contribution in [3.05, 3.63) is 27.3 Å². The van der Waals surface area contributed by atoms with Crippen LogP contribution in [0, 0.1) is 34.8 Å². The highest BCUT2D eigenvalue weighted by atomic mass is 19.4. The molecule has 0 bridgehead atoms. The van der Waals surface area contributed by atoms with E-state index in [-0.39, 0.29) is 43.0 Å². The normalized spacial score (nSPS) is 27.6. The third kappa shape index (κ3) is 4.16. The van der Waals surface area contributed by atoms with Gasteiger partial charge in [-0.25, -0.2) is 0 Å². The van der Waals surface area contributed by atoms with Crippen molar-refractivity contribution in [2.45, 2.75) is 51.2 Å². The highest BCUT2D eigenvalue weighted by molar-refractivity contribution is 6.03. The van der Waals surface area contributed by atoms with Crippen LogP contribution in [0.5, 0.6) is 0 Å². The van der Waals surface area contributed by atoms with Crippen LogP contribution in [0.4, 0.5) is 30.2 Å². The number of fused-ring (bicyclic) bond motifs is 1. The summed E-state index contributed by atoms with van der Waals surface area (Å²) < 4.78 is 38.8.